The maximum absolute atomic E-state index is 5.49. The summed E-state index contributed by atoms with van der Waals surface area (Å²) in [6.45, 7) is 3.07. The summed E-state index contributed by atoms with van der Waals surface area (Å²) in [7, 11) is 1.73. The number of nitrogens with one attached hydrogen (secondary N) is 1. The Bertz CT molecular complexity index is 539. The third kappa shape index (κ3) is 3.96. The van der Waals surface area contributed by atoms with Crippen molar-refractivity contribution in [3.63, 3.8) is 0 Å². The number of ether oxygens (including phenoxy) is 1. The van der Waals surface area contributed by atoms with Crippen molar-refractivity contribution < 1.29 is 4.74 Å². The fraction of sp³-hybridized carbons (Fsp3) is 0.294. The van der Waals surface area contributed by atoms with Gasteiger partial charge < -0.3 is 10.1 Å². The second-order valence-electron chi connectivity index (χ2n) is 4.68. The van der Waals surface area contributed by atoms with Crippen molar-refractivity contribution in [2.24, 2.45) is 0 Å². The van der Waals surface area contributed by atoms with Crippen LogP contribution in [0, 0.1) is 3.57 Å². The third-order valence-corrected chi connectivity index (χ3v) is 4.04. The lowest BCUT2D eigenvalue weighted by molar-refractivity contribution is 0.399. The van der Waals surface area contributed by atoms with Gasteiger partial charge in [0, 0.05) is 15.2 Å². The molecule has 2 rings (SSSR count). The fourth-order valence-electron chi connectivity index (χ4n) is 2.35. The number of halogens is 1. The van der Waals surface area contributed by atoms with Gasteiger partial charge in [-0.25, -0.2) is 0 Å². The Balaban J connectivity index is 2.24. The number of hydrogen-bond donors (Lipinski definition) is 1. The Labute approximate surface area is 134 Å². The Kier molecular flexibility index (Phi) is 5.86. The Hall–Kier alpha value is -1.07. The maximum atomic E-state index is 5.49. The zero-order valence-electron chi connectivity index (χ0n) is 11.9. The van der Waals surface area contributed by atoms with Crippen LogP contribution in [0.5, 0.6) is 5.75 Å². The molecule has 0 spiro atoms. The number of para-hydroxylation sites is 1. The lowest BCUT2D eigenvalue weighted by Crippen LogP contribution is -2.23. The molecule has 0 saturated heterocycles. The van der Waals surface area contributed by atoms with Gasteiger partial charge in [-0.05, 0) is 59.3 Å². The Morgan fingerprint density at radius 3 is 2.45 bits per heavy atom. The summed E-state index contributed by atoms with van der Waals surface area (Å²) in [5.74, 6) is 0.948. The van der Waals surface area contributed by atoms with Gasteiger partial charge in [0.2, 0.25) is 0 Å². The van der Waals surface area contributed by atoms with Crippen LogP contribution in [0.3, 0.4) is 0 Å². The molecule has 0 aliphatic heterocycles. The van der Waals surface area contributed by atoms with Crippen molar-refractivity contribution in [2.45, 2.75) is 19.4 Å². The Morgan fingerprint density at radius 1 is 1.10 bits per heavy atom. The molecule has 1 N–H and O–H groups in total. The van der Waals surface area contributed by atoms with E-state index in [1.807, 2.05) is 12.1 Å². The van der Waals surface area contributed by atoms with E-state index in [4.69, 9.17) is 4.74 Å². The molecule has 106 valence electrons. The molecular weight excluding hydrogens is 361 g/mol. The van der Waals surface area contributed by atoms with E-state index in [-0.39, 0.29) is 6.04 Å². The minimum atomic E-state index is 0.274. The predicted octanol–water partition coefficient (Wildman–Crippen LogP) is 4.19. The zero-order chi connectivity index (χ0) is 14.4. The molecule has 0 aliphatic carbocycles. The fourth-order valence-corrected chi connectivity index (χ4v) is 2.71. The first kappa shape index (κ1) is 15.3. The molecule has 0 heterocycles. The molecule has 2 aromatic carbocycles. The second-order valence-corrected chi connectivity index (χ2v) is 5.93. The number of likely N-dealkylation sites (N-methyl/N-ethyl adjacent to an activating group) is 1. The molecule has 3 heteroatoms. The number of rotatable bonds is 6. The third-order valence-electron chi connectivity index (χ3n) is 3.32. The first-order chi connectivity index (χ1) is 9.74. The number of benzene rings is 2. The van der Waals surface area contributed by atoms with Crippen molar-refractivity contribution in [3.05, 3.63) is 63.2 Å². The molecule has 20 heavy (non-hydrogen) atoms. The van der Waals surface area contributed by atoms with Crippen molar-refractivity contribution in [2.75, 3.05) is 13.7 Å². The first-order valence-corrected chi connectivity index (χ1v) is 7.93. The molecule has 2 nitrogen and oxygen atoms in total. The van der Waals surface area contributed by atoms with E-state index in [1.54, 1.807) is 7.11 Å². The second kappa shape index (κ2) is 7.64. The van der Waals surface area contributed by atoms with Crippen LogP contribution in [-0.2, 0) is 6.42 Å². The van der Waals surface area contributed by atoms with E-state index in [1.165, 1.54) is 14.7 Å². The maximum Gasteiger partial charge on any atom is 0.123 e. The minimum absolute atomic E-state index is 0.274. The van der Waals surface area contributed by atoms with Crippen LogP contribution in [0.15, 0.2) is 48.5 Å². The summed E-state index contributed by atoms with van der Waals surface area (Å²) in [4.78, 5) is 0. The van der Waals surface area contributed by atoms with Crippen molar-refractivity contribution in [1.82, 2.24) is 5.32 Å². The Morgan fingerprint density at radius 2 is 1.80 bits per heavy atom. The topological polar surface area (TPSA) is 21.3 Å². The average Bonchev–Trinajstić information content (AvgIpc) is 2.49. The van der Waals surface area contributed by atoms with Crippen LogP contribution in [0.1, 0.15) is 24.1 Å². The van der Waals surface area contributed by atoms with Gasteiger partial charge in [-0.3, -0.25) is 0 Å². The minimum Gasteiger partial charge on any atom is -0.496 e. The normalized spacial score (nSPS) is 12.2. The molecule has 0 radical (unpaired) electrons. The summed E-state index contributed by atoms with van der Waals surface area (Å²) in [6, 6.07) is 17.2. The largest absolute Gasteiger partial charge is 0.496 e. The van der Waals surface area contributed by atoms with Crippen LogP contribution >= 0.6 is 22.6 Å². The highest BCUT2D eigenvalue weighted by Gasteiger charge is 2.15. The van der Waals surface area contributed by atoms with E-state index in [2.05, 4.69) is 71.2 Å². The van der Waals surface area contributed by atoms with Crippen LogP contribution < -0.4 is 10.1 Å². The molecule has 0 fully saturated rings. The number of hydrogen-bond acceptors (Lipinski definition) is 2. The van der Waals surface area contributed by atoms with E-state index in [9.17, 15) is 0 Å². The number of methoxy groups -OCH3 is 1. The summed E-state index contributed by atoms with van der Waals surface area (Å²) in [6.07, 6.45) is 0.963. The van der Waals surface area contributed by atoms with Crippen LogP contribution in [-0.4, -0.2) is 13.7 Å². The van der Waals surface area contributed by atoms with E-state index in [0.717, 1.165) is 18.7 Å². The molecule has 0 aliphatic rings. The standard InChI is InChI=1S/C17H20INO/c1-3-19-16(12-13-8-10-14(18)11-9-13)15-6-4-5-7-17(15)20-2/h4-11,16,19H,3,12H2,1-2H3. The van der Waals surface area contributed by atoms with Gasteiger partial charge >= 0.3 is 0 Å². The molecule has 1 atom stereocenters. The monoisotopic (exact) mass is 381 g/mol. The lowest BCUT2D eigenvalue weighted by Gasteiger charge is -2.21. The molecular formula is C17H20INO. The summed E-state index contributed by atoms with van der Waals surface area (Å²) >= 11 is 2.33. The molecule has 2 aromatic rings. The molecule has 0 aromatic heterocycles. The van der Waals surface area contributed by atoms with Gasteiger partial charge in [-0.15, -0.1) is 0 Å². The summed E-state index contributed by atoms with van der Waals surface area (Å²) in [5, 5.41) is 3.55. The summed E-state index contributed by atoms with van der Waals surface area (Å²) in [5.41, 5.74) is 2.55. The molecule has 0 amide bonds. The zero-order valence-corrected chi connectivity index (χ0v) is 14.1. The van der Waals surface area contributed by atoms with Gasteiger partial charge in [-0.2, -0.15) is 0 Å². The van der Waals surface area contributed by atoms with Crippen molar-refractivity contribution in [1.29, 1.82) is 0 Å². The SMILES string of the molecule is CCNC(Cc1ccc(I)cc1)c1ccccc1OC. The summed E-state index contributed by atoms with van der Waals surface area (Å²) < 4.78 is 6.76. The van der Waals surface area contributed by atoms with Gasteiger partial charge in [-0.1, -0.05) is 37.3 Å². The van der Waals surface area contributed by atoms with E-state index < -0.39 is 0 Å². The van der Waals surface area contributed by atoms with Crippen LogP contribution in [0.2, 0.25) is 0 Å². The molecule has 0 saturated carbocycles. The highest BCUT2D eigenvalue weighted by molar-refractivity contribution is 14.1. The van der Waals surface area contributed by atoms with Crippen LogP contribution in [0.4, 0.5) is 0 Å². The molecule has 1 unspecified atom stereocenters. The van der Waals surface area contributed by atoms with E-state index >= 15 is 0 Å². The smallest absolute Gasteiger partial charge is 0.123 e. The van der Waals surface area contributed by atoms with Gasteiger partial charge in [0.25, 0.3) is 0 Å². The lowest BCUT2D eigenvalue weighted by atomic mass is 9.98. The average molecular weight is 381 g/mol. The van der Waals surface area contributed by atoms with Crippen LogP contribution in [0.25, 0.3) is 0 Å². The highest BCUT2D eigenvalue weighted by atomic mass is 127. The van der Waals surface area contributed by atoms with E-state index in [0.29, 0.717) is 0 Å². The predicted molar refractivity (Wildman–Crippen MR) is 92.3 cm³/mol. The van der Waals surface area contributed by atoms with Crippen molar-refractivity contribution >= 4 is 22.6 Å². The van der Waals surface area contributed by atoms with Crippen molar-refractivity contribution in [3.8, 4) is 5.75 Å². The van der Waals surface area contributed by atoms with Gasteiger partial charge in [0.1, 0.15) is 5.75 Å². The quantitative estimate of drug-likeness (QED) is 0.758. The highest BCUT2D eigenvalue weighted by Crippen LogP contribution is 2.27. The van der Waals surface area contributed by atoms with Gasteiger partial charge in [0.05, 0.1) is 7.11 Å². The van der Waals surface area contributed by atoms with Gasteiger partial charge in [0.15, 0.2) is 0 Å². The molecule has 0 bridgehead atoms. The first-order valence-electron chi connectivity index (χ1n) is 6.85.